The second kappa shape index (κ2) is 14.2. The summed E-state index contributed by atoms with van der Waals surface area (Å²) in [5.74, 6) is 0.921. The van der Waals surface area contributed by atoms with Crippen molar-refractivity contribution < 1.29 is 8.63 Å². The zero-order valence-corrected chi connectivity index (χ0v) is 31.2. The molecular formula is C37H52N6O2SSi. The van der Waals surface area contributed by atoms with Crippen molar-refractivity contribution in [3.8, 4) is 17.1 Å². The summed E-state index contributed by atoms with van der Waals surface area (Å²) in [6, 6.07) is 16.8. The van der Waals surface area contributed by atoms with E-state index in [2.05, 4.69) is 82.5 Å². The van der Waals surface area contributed by atoms with Gasteiger partial charge in [-0.1, -0.05) is 52.3 Å². The predicted molar refractivity (Wildman–Crippen MR) is 198 cm³/mol. The SMILES string of the molecule is CCC[C@@H](CC(C)(C)S(N)=O)c1cccc(-c2cc(C3=CCNCC3)c3cnn(-c4cccc(CO[Si](C)(C)C(C)(C)C)n4)c3c2)n1. The molecule has 8 nitrogen and oxygen atoms in total. The minimum atomic E-state index is -1.93. The molecule has 0 saturated carbocycles. The van der Waals surface area contributed by atoms with E-state index in [1.165, 1.54) is 11.1 Å². The molecule has 3 N–H and O–H groups in total. The maximum absolute atomic E-state index is 12.3. The van der Waals surface area contributed by atoms with Crippen LogP contribution in [0.2, 0.25) is 18.1 Å². The van der Waals surface area contributed by atoms with Crippen LogP contribution in [-0.2, 0) is 22.0 Å². The Morgan fingerprint density at radius 3 is 2.53 bits per heavy atom. The van der Waals surface area contributed by atoms with Crippen LogP contribution in [0.4, 0.5) is 0 Å². The molecule has 0 aliphatic carbocycles. The summed E-state index contributed by atoms with van der Waals surface area (Å²) in [4.78, 5) is 10.3. The van der Waals surface area contributed by atoms with Crippen LogP contribution in [0.5, 0.6) is 0 Å². The molecule has 0 radical (unpaired) electrons. The van der Waals surface area contributed by atoms with Crippen molar-refractivity contribution in [2.45, 2.75) is 103 Å². The molecule has 4 aromatic rings. The van der Waals surface area contributed by atoms with Gasteiger partial charge in [-0.3, -0.25) is 10.1 Å². The standard InChI is InChI=1S/C37H52N6O2SSi/c1-9-12-27(23-37(5,6)46(38)44)32-14-11-15-33(42-32)28-21-30(26-17-19-39-20-18-26)31-24-40-43(34(31)22-28)35-16-10-13-29(41-35)25-45-47(7,8)36(2,3)4/h10-11,13-17,21-22,24,27,39H,9,12,18-20,23,25,38H2,1-8H3/t27-,46?/m0/s1. The second-order valence-corrected chi connectivity index (χ2v) is 21.4. The van der Waals surface area contributed by atoms with Crippen LogP contribution in [0.25, 0.3) is 33.6 Å². The van der Waals surface area contributed by atoms with Gasteiger partial charge in [0, 0.05) is 29.1 Å². The minimum absolute atomic E-state index is 0.125. The van der Waals surface area contributed by atoms with E-state index < -0.39 is 24.1 Å². The molecular weight excluding hydrogens is 621 g/mol. The zero-order chi connectivity index (χ0) is 34.0. The predicted octanol–water partition coefficient (Wildman–Crippen LogP) is 8.06. The molecule has 1 unspecified atom stereocenters. The van der Waals surface area contributed by atoms with E-state index in [0.29, 0.717) is 13.0 Å². The average Bonchev–Trinajstić information content (AvgIpc) is 3.47. The summed E-state index contributed by atoms with van der Waals surface area (Å²) in [7, 11) is -3.35. The molecule has 0 saturated heterocycles. The molecule has 1 aromatic carbocycles. The molecule has 0 bridgehead atoms. The molecule has 0 fully saturated rings. The normalized spacial score (nSPS) is 15.9. The topological polar surface area (TPSA) is 108 Å². The Balaban J connectivity index is 1.58. The number of pyridine rings is 2. The molecule has 2 atom stereocenters. The Hall–Kier alpha value is -3.02. The summed E-state index contributed by atoms with van der Waals surface area (Å²) in [6.07, 6.45) is 7.86. The summed E-state index contributed by atoms with van der Waals surface area (Å²) in [6.45, 7) is 19.7. The van der Waals surface area contributed by atoms with E-state index in [-0.39, 0.29) is 11.0 Å². The van der Waals surface area contributed by atoms with Gasteiger partial charge in [-0.05, 0) is 105 Å². The summed E-state index contributed by atoms with van der Waals surface area (Å²) in [5, 5.41) is 15.4. The molecule has 252 valence electrons. The van der Waals surface area contributed by atoms with E-state index in [9.17, 15) is 4.21 Å². The van der Waals surface area contributed by atoms with E-state index in [4.69, 9.17) is 24.6 Å². The molecule has 1 aliphatic rings. The molecule has 0 amide bonds. The first-order valence-corrected chi connectivity index (χ1v) is 21.0. The monoisotopic (exact) mass is 672 g/mol. The second-order valence-electron chi connectivity index (χ2n) is 14.9. The Kier molecular flexibility index (Phi) is 10.7. The summed E-state index contributed by atoms with van der Waals surface area (Å²) >= 11 is 0. The first-order chi connectivity index (χ1) is 22.2. The Labute approximate surface area is 284 Å². The Morgan fingerprint density at radius 1 is 1.09 bits per heavy atom. The maximum Gasteiger partial charge on any atom is 0.192 e. The van der Waals surface area contributed by atoms with Crippen LogP contribution in [-0.4, -0.2) is 50.1 Å². The summed E-state index contributed by atoms with van der Waals surface area (Å²) < 4.78 is 20.3. The molecule has 4 heterocycles. The van der Waals surface area contributed by atoms with E-state index in [1.807, 2.05) is 42.9 Å². The van der Waals surface area contributed by atoms with E-state index >= 15 is 0 Å². The first-order valence-electron chi connectivity index (χ1n) is 16.9. The van der Waals surface area contributed by atoms with Crippen molar-refractivity contribution in [2.24, 2.45) is 5.14 Å². The van der Waals surface area contributed by atoms with Gasteiger partial charge in [0.15, 0.2) is 14.1 Å². The third-order valence-corrected chi connectivity index (χ3v) is 15.6. The number of nitrogens with zero attached hydrogens (tertiary/aromatic N) is 4. The van der Waals surface area contributed by atoms with Crippen LogP contribution in [0.15, 0.2) is 60.8 Å². The summed E-state index contributed by atoms with van der Waals surface area (Å²) in [5.41, 5.74) is 7.33. The van der Waals surface area contributed by atoms with Crippen LogP contribution in [0.1, 0.15) is 90.1 Å². The van der Waals surface area contributed by atoms with Gasteiger partial charge in [-0.25, -0.2) is 13.9 Å². The van der Waals surface area contributed by atoms with E-state index in [1.54, 1.807) is 0 Å². The van der Waals surface area contributed by atoms with Crippen molar-refractivity contribution >= 4 is 35.8 Å². The Bertz CT molecular complexity index is 1770. The highest BCUT2D eigenvalue weighted by Crippen LogP contribution is 2.38. The largest absolute Gasteiger partial charge is 0.411 e. The number of benzene rings is 1. The fourth-order valence-electron chi connectivity index (χ4n) is 5.94. The lowest BCUT2D eigenvalue weighted by atomic mass is 9.89. The van der Waals surface area contributed by atoms with Crippen molar-refractivity contribution in [3.63, 3.8) is 0 Å². The molecule has 0 spiro atoms. The quantitative estimate of drug-likeness (QED) is 0.148. The third-order valence-electron chi connectivity index (χ3n) is 9.90. The van der Waals surface area contributed by atoms with Gasteiger partial charge in [-0.2, -0.15) is 5.10 Å². The molecule has 5 rings (SSSR count). The van der Waals surface area contributed by atoms with Crippen molar-refractivity contribution in [1.29, 1.82) is 0 Å². The molecule has 1 aliphatic heterocycles. The lowest BCUT2D eigenvalue weighted by Gasteiger charge is -2.36. The van der Waals surface area contributed by atoms with Gasteiger partial charge in [0.1, 0.15) is 0 Å². The number of aromatic nitrogens is 4. The fraction of sp³-hybridized carbons (Fsp3) is 0.486. The zero-order valence-electron chi connectivity index (χ0n) is 29.4. The first kappa shape index (κ1) is 35.3. The maximum atomic E-state index is 12.3. The van der Waals surface area contributed by atoms with Crippen LogP contribution >= 0.6 is 0 Å². The van der Waals surface area contributed by atoms with Gasteiger partial charge in [0.05, 0.1) is 45.4 Å². The third kappa shape index (κ3) is 8.00. The smallest absolute Gasteiger partial charge is 0.192 e. The highest BCUT2D eigenvalue weighted by molar-refractivity contribution is 7.84. The van der Waals surface area contributed by atoms with Gasteiger partial charge >= 0.3 is 0 Å². The number of rotatable bonds is 12. The average molecular weight is 673 g/mol. The molecule has 10 heteroatoms. The Morgan fingerprint density at radius 2 is 1.85 bits per heavy atom. The van der Waals surface area contributed by atoms with Crippen LogP contribution < -0.4 is 10.5 Å². The van der Waals surface area contributed by atoms with Crippen molar-refractivity contribution in [2.75, 3.05) is 13.1 Å². The number of hydrogen-bond donors (Lipinski definition) is 2. The lowest BCUT2D eigenvalue weighted by molar-refractivity contribution is 0.272. The highest BCUT2D eigenvalue weighted by Gasteiger charge is 2.37. The number of nitrogens with one attached hydrogen (secondary N) is 1. The highest BCUT2D eigenvalue weighted by atomic mass is 32.2. The molecule has 3 aromatic heterocycles. The number of fused-ring (bicyclic) bond motifs is 1. The van der Waals surface area contributed by atoms with Crippen molar-refractivity contribution in [1.82, 2.24) is 25.1 Å². The lowest BCUT2D eigenvalue weighted by Crippen LogP contribution is -2.40. The van der Waals surface area contributed by atoms with Crippen LogP contribution in [0, 0.1) is 0 Å². The number of hydrogen-bond acceptors (Lipinski definition) is 6. The van der Waals surface area contributed by atoms with Gasteiger partial charge < -0.3 is 9.74 Å². The number of nitrogens with two attached hydrogens (primary N) is 1. The van der Waals surface area contributed by atoms with Gasteiger partial charge in [0.25, 0.3) is 0 Å². The van der Waals surface area contributed by atoms with E-state index in [0.717, 1.165) is 71.7 Å². The molecule has 47 heavy (non-hydrogen) atoms. The van der Waals surface area contributed by atoms with Gasteiger partial charge in [-0.15, -0.1) is 0 Å². The van der Waals surface area contributed by atoms with Crippen LogP contribution in [0.3, 0.4) is 0 Å². The minimum Gasteiger partial charge on any atom is -0.411 e. The van der Waals surface area contributed by atoms with Gasteiger partial charge in [0.2, 0.25) is 0 Å². The van der Waals surface area contributed by atoms with Crippen molar-refractivity contribution in [3.05, 3.63) is 77.8 Å². The fourth-order valence-corrected chi connectivity index (χ4v) is 7.25.